The molecule has 0 unspecified atom stereocenters. The fraction of sp³-hybridized carbons (Fsp3) is 0.233. The number of allylic oxidation sites excluding steroid dienone is 1. The number of carbonyl (C=O) groups is 1. The topological polar surface area (TPSA) is 79.1 Å². The summed E-state index contributed by atoms with van der Waals surface area (Å²) in [6.45, 7) is 3.51. The summed E-state index contributed by atoms with van der Waals surface area (Å²) in [5, 5.41) is 1.48. The van der Waals surface area contributed by atoms with E-state index in [9.17, 15) is 22.8 Å². The first-order chi connectivity index (χ1) is 20.1. The second-order valence-corrected chi connectivity index (χ2v) is 10.5. The van der Waals surface area contributed by atoms with Gasteiger partial charge in [0.2, 0.25) is 0 Å². The summed E-state index contributed by atoms with van der Waals surface area (Å²) in [6.07, 6.45) is -3.53. The van der Waals surface area contributed by atoms with Gasteiger partial charge in [-0.1, -0.05) is 59.3 Å². The van der Waals surface area contributed by atoms with Crippen LogP contribution < -0.4 is 24.4 Å². The minimum absolute atomic E-state index is 0.0878. The summed E-state index contributed by atoms with van der Waals surface area (Å²) in [4.78, 5) is 30.9. The monoisotopic (exact) mass is 616 g/mol. The quantitative estimate of drug-likeness (QED) is 0.254. The first kappa shape index (κ1) is 29.4. The van der Waals surface area contributed by atoms with Crippen LogP contribution in [-0.2, 0) is 9.53 Å². The third-order valence-corrected chi connectivity index (χ3v) is 7.85. The van der Waals surface area contributed by atoms with Gasteiger partial charge in [0.1, 0.15) is 17.5 Å². The van der Waals surface area contributed by atoms with E-state index in [1.54, 1.807) is 54.6 Å². The second kappa shape index (κ2) is 11.7. The van der Waals surface area contributed by atoms with Gasteiger partial charge in [-0.3, -0.25) is 9.36 Å². The van der Waals surface area contributed by atoms with Gasteiger partial charge in [-0.2, -0.15) is 13.2 Å². The number of nitrogens with zero attached hydrogens (tertiary/aromatic N) is 2. The van der Waals surface area contributed by atoms with Gasteiger partial charge in [0.15, 0.2) is 10.5 Å². The summed E-state index contributed by atoms with van der Waals surface area (Å²) in [6, 6.07) is 13.6. The van der Waals surface area contributed by atoms with Crippen LogP contribution >= 0.6 is 22.9 Å². The zero-order chi connectivity index (χ0) is 30.2. The summed E-state index contributed by atoms with van der Waals surface area (Å²) >= 11 is 7.09. The molecule has 218 valence electrons. The molecule has 42 heavy (non-hydrogen) atoms. The fourth-order valence-corrected chi connectivity index (χ4v) is 6.12. The minimum atomic E-state index is -5.03. The van der Waals surface area contributed by atoms with E-state index < -0.39 is 35.0 Å². The number of halogens is 4. The SMILES string of the molecule is CCOC(=O)C1=C(C(F)(F)F)N=c2s/c(=C\c3ccc(OCC)c(Cl)c3)c(=O)n2[C@@H]1c1c(OC)ccc2ccccc12. The first-order valence-corrected chi connectivity index (χ1v) is 14.1. The lowest BCUT2D eigenvalue weighted by atomic mass is 9.90. The highest BCUT2D eigenvalue weighted by Gasteiger charge is 2.46. The highest BCUT2D eigenvalue weighted by molar-refractivity contribution is 7.07. The second-order valence-electron chi connectivity index (χ2n) is 9.09. The molecule has 4 aromatic rings. The molecule has 2 heterocycles. The number of alkyl halides is 3. The zero-order valence-corrected chi connectivity index (χ0v) is 24.2. The van der Waals surface area contributed by atoms with Crippen LogP contribution in [0.3, 0.4) is 0 Å². The van der Waals surface area contributed by atoms with Crippen LogP contribution in [0.25, 0.3) is 16.8 Å². The van der Waals surface area contributed by atoms with Gasteiger partial charge in [0.05, 0.1) is 35.5 Å². The van der Waals surface area contributed by atoms with Crippen molar-refractivity contribution in [2.75, 3.05) is 20.3 Å². The van der Waals surface area contributed by atoms with E-state index in [1.807, 2.05) is 6.92 Å². The molecule has 3 aromatic carbocycles. The fourth-order valence-electron chi connectivity index (χ4n) is 4.88. The van der Waals surface area contributed by atoms with Crippen molar-refractivity contribution in [2.24, 2.45) is 4.99 Å². The van der Waals surface area contributed by atoms with Gasteiger partial charge in [-0.25, -0.2) is 9.79 Å². The van der Waals surface area contributed by atoms with Crippen molar-refractivity contribution in [1.29, 1.82) is 0 Å². The number of methoxy groups -OCH3 is 1. The maximum absolute atomic E-state index is 14.6. The van der Waals surface area contributed by atoms with Crippen LogP contribution in [0.2, 0.25) is 5.02 Å². The minimum Gasteiger partial charge on any atom is -0.496 e. The maximum atomic E-state index is 14.6. The molecular weight excluding hydrogens is 593 g/mol. The van der Waals surface area contributed by atoms with E-state index in [4.69, 9.17) is 25.8 Å². The molecule has 5 rings (SSSR count). The molecule has 0 saturated heterocycles. The van der Waals surface area contributed by atoms with E-state index in [-0.39, 0.29) is 27.3 Å². The van der Waals surface area contributed by atoms with E-state index in [0.29, 0.717) is 33.7 Å². The van der Waals surface area contributed by atoms with Crippen molar-refractivity contribution in [1.82, 2.24) is 4.57 Å². The Bertz CT molecular complexity index is 1910. The van der Waals surface area contributed by atoms with Crippen LogP contribution in [-0.4, -0.2) is 37.0 Å². The Morgan fingerprint density at radius 3 is 2.50 bits per heavy atom. The Morgan fingerprint density at radius 1 is 1.10 bits per heavy atom. The van der Waals surface area contributed by atoms with Crippen molar-refractivity contribution >= 4 is 45.8 Å². The number of fused-ring (bicyclic) bond motifs is 2. The van der Waals surface area contributed by atoms with Crippen molar-refractivity contribution in [3.05, 3.63) is 102 Å². The molecule has 12 heteroatoms. The largest absolute Gasteiger partial charge is 0.496 e. The number of hydrogen-bond donors (Lipinski definition) is 0. The van der Waals surface area contributed by atoms with Crippen LogP contribution in [0.5, 0.6) is 11.5 Å². The summed E-state index contributed by atoms with van der Waals surface area (Å²) in [7, 11) is 1.37. The Kier molecular flexibility index (Phi) is 8.16. The molecule has 0 fully saturated rings. The van der Waals surface area contributed by atoms with Gasteiger partial charge in [0, 0.05) is 5.56 Å². The predicted octanol–water partition coefficient (Wildman–Crippen LogP) is 5.55. The number of esters is 1. The molecule has 0 saturated carbocycles. The molecular formula is C30H24ClF3N2O5S. The van der Waals surface area contributed by atoms with Crippen molar-refractivity contribution < 1.29 is 32.2 Å². The third-order valence-electron chi connectivity index (χ3n) is 6.57. The lowest BCUT2D eigenvalue weighted by molar-refractivity contribution is -0.140. The number of thiazole rings is 1. The molecule has 1 aliphatic heterocycles. The number of ether oxygens (including phenoxy) is 3. The van der Waals surface area contributed by atoms with Crippen LogP contribution in [0, 0.1) is 0 Å². The average Bonchev–Trinajstić information content (AvgIpc) is 3.27. The number of benzene rings is 3. The number of hydrogen-bond acceptors (Lipinski definition) is 7. The molecule has 0 bridgehead atoms. The van der Waals surface area contributed by atoms with E-state index in [1.165, 1.54) is 20.1 Å². The summed E-state index contributed by atoms with van der Waals surface area (Å²) in [5.41, 5.74) is -2.16. The first-order valence-electron chi connectivity index (χ1n) is 12.9. The van der Waals surface area contributed by atoms with Crippen molar-refractivity contribution in [3.8, 4) is 11.5 Å². The lowest BCUT2D eigenvalue weighted by Crippen LogP contribution is -2.41. The summed E-state index contributed by atoms with van der Waals surface area (Å²) in [5.74, 6) is -0.590. The van der Waals surface area contributed by atoms with E-state index >= 15 is 0 Å². The van der Waals surface area contributed by atoms with Crippen LogP contribution in [0.4, 0.5) is 13.2 Å². The molecule has 1 atom stereocenters. The Balaban J connectivity index is 1.87. The van der Waals surface area contributed by atoms with Gasteiger partial charge in [0.25, 0.3) is 5.56 Å². The number of aromatic nitrogens is 1. The van der Waals surface area contributed by atoms with Gasteiger partial charge < -0.3 is 14.2 Å². The Labute approximate surface area is 246 Å². The number of carbonyl (C=O) groups excluding carboxylic acids is 1. The highest BCUT2D eigenvalue weighted by Crippen LogP contribution is 2.43. The molecule has 0 N–H and O–H groups in total. The van der Waals surface area contributed by atoms with Gasteiger partial charge >= 0.3 is 12.1 Å². The Morgan fingerprint density at radius 2 is 1.83 bits per heavy atom. The molecule has 0 aliphatic carbocycles. The Hall–Kier alpha value is -4.09. The average molecular weight is 617 g/mol. The number of rotatable bonds is 7. The predicted molar refractivity (Wildman–Crippen MR) is 154 cm³/mol. The van der Waals surface area contributed by atoms with Crippen molar-refractivity contribution in [2.45, 2.75) is 26.1 Å². The van der Waals surface area contributed by atoms with E-state index in [0.717, 1.165) is 15.9 Å². The maximum Gasteiger partial charge on any atom is 0.434 e. The zero-order valence-electron chi connectivity index (χ0n) is 22.6. The molecule has 0 radical (unpaired) electrons. The molecule has 0 amide bonds. The third kappa shape index (κ3) is 5.30. The molecule has 0 spiro atoms. The molecule has 7 nitrogen and oxygen atoms in total. The smallest absolute Gasteiger partial charge is 0.434 e. The highest BCUT2D eigenvalue weighted by atomic mass is 35.5. The molecule has 1 aliphatic rings. The van der Waals surface area contributed by atoms with Gasteiger partial charge in [-0.05, 0) is 54.5 Å². The van der Waals surface area contributed by atoms with Crippen LogP contribution in [0.15, 0.2) is 75.7 Å². The normalized spacial score (nSPS) is 15.4. The van der Waals surface area contributed by atoms with Crippen molar-refractivity contribution in [3.63, 3.8) is 0 Å². The van der Waals surface area contributed by atoms with Crippen LogP contribution in [0.1, 0.15) is 31.0 Å². The summed E-state index contributed by atoms with van der Waals surface area (Å²) < 4.78 is 61.0. The van der Waals surface area contributed by atoms with E-state index in [2.05, 4.69) is 4.99 Å². The lowest BCUT2D eigenvalue weighted by Gasteiger charge is -2.28. The standard InChI is InChI=1S/C30H24ClF3N2O5S/c1-4-40-20-12-10-16(14-19(20)31)15-22-27(37)36-25(23-18-9-7-6-8-17(18)11-13-21(23)39-3)24(28(38)41-5-2)26(30(32,33)34)35-29(36)42-22/h6-15,25H,4-5H2,1-3H3/b22-15-/t25-/m1/s1. The molecule has 1 aromatic heterocycles. The van der Waals surface area contributed by atoms with Gasteiger partial charge in [-0.15, -0.1) is 0 Å².